The highest BCUT2D eigenvalue weighted by Gasteiger charge is 2.23. The molecule has 1 aliphatic heterocycles. The van der Waals surface area contributed by atoms with E-state index in [0.717, 1.165) is 38.4 Å². The summed E-state index contributed by atoms with van der Waals surface area (Å²) in [6.45, 7) is 5.58. The van der Waals surface area contributed by atoms with Crippen LogP contribution in [0.25, 0.3) is 0 Å². The minimum absolute atomic E-state index is 0. The van der Waals surface area contributed by atoms with Crippen LogP contribution in [0, 0.1) is 5.92 Å². The van der Waals surface area contributed by atoms with E-state index in [1.165, 1.54) is 43.4 Å². The minimum atomic E-state index is 0. The van der Waals surface area contributed by atoms with Crippen molar-refractivity contribution in [1.82, 2.24) is 15.5 Å². The molecule has 1 heterocycles. The Morgan fingerprint density at radius 3 is 2.34 bits per heavy atom. The Kier molecular flexibility index (Phi) is 11.6. The molecule has 7 heteroatoms. The number of aliphatic imine (C=N–C) groups is 1. The molecule has 180 valence electrons. The zero-order valence-electron chi connectivity index (χ0n) is 20.1. The van der Waals surface area contributed by atoms with Gasteiger partial charge in [-0.25, -0.2) is 4.99 Å². The lowest BCUT2D eigenvalue weighted by atomic mass is 9.93. The molecular weight excluding hydrogens is 513 g/mol. The summed E-state index contributed by atoms with van der Waals surface area (Å²) in [6, 6.07) is 9.62. The fraction of sp³-hybridized carbons (Fsp3) is 0.680. The number of likely N-dealkylation sites (tertiary alicyclic amines) is 1. The molecule has 0 spiro atoms. The number of carbonyl (C=O) groups is 1. The zero-order valence-corrected chi connectivity index (χ0v) is 22.4. The van der Waals surface area contributed by atoms with Gasteiger partial charge < -0.3 is 20.4 Å². The first-order chi connectivity index (χ1) is 15.1. The van der Waals surface area contributed by atoms with E-state index in [-0.39, 0.29) is 29.9 Å². The number of halogens is 1. The van der Waals surface area contributed by atoms with Gasteiger partial charge in [-0.1, -0.05) is 31.4 Å². The molecule has 1 aliphatic carbocycles. The molecule has 3 rings (SSSR count). The summed E-state index contributed by atoms with van der Waals surface area (Å²) in [5.41, 5.74) is 2.55. The normalized spacial score (nSPS) is 18.1. The predicted molar refractivity (Wildman–Crippen MR) is 145 cm³/mol. The van der Waals surface area contributed by atoms with Crippen molar-refractivity contribution in [2.24, 2.45) is 10.9 Å². The molecule has 2 N–H and O–H groups in total. The fourth-order valence-electron chi connectivity index (χ4n) is 4.82. The van der Waals surface area contributed by atoms with E-state index in [0.29, 0.717) is 24.9 Å². The number of hydrogen-bond acceptors (Lipinski definition) is 3. The number of guanidine groups is 1. The summed E-state index contributed by atoms with van der Waals surface area (Å²) in [4.78, 5) is 21.4. The Labute approximate surface area is 211 Å². The molecule has 1 saturated carbocycles. The smallest absolute Gasteiger partial charge is 0.220 e. The van der Waals surface area contributed by atoms with E-state index in [4.69, 9.17) is 4.99 Å². The van der Waals surface area contributed by atoms with Crippen LogP contribution in [0.1, 0.15) is 63.9 Å². The Morgan fingerprint density at radius 2 is 1.75 bits per heavy atom. The van der Waals surface area contributed by atoms with E-state index in [1.54, 1.807) is 7.05 Å². The second kappa shape index (κ2) is 13.9. The third-order valence-corrected chi connectivity index (χ3v) is 6.88. The van der Waals surface area contributed by atoms with Gasteiger partial charge >= 0.3 is 0 Å². The summed E-state index contributed by atoms with van der Waals surface area (Å²) in [6.07, 6.45) is 9.46. The third kappa shape index (κ3) is 7.81. The summed E-state index contributed by atoms with van der Waals surface area (Å²) in [5.74, 6) is 1.62. The maximum Gasteiger partial charge on any atom is 0.220 e. The lowest BCUT2D eigenvalue weighted by molar-refractivity contribution is -0.121. The van der Waals surface area contributed by atoms with Crippen LogP contribution < -0.4 is 15.5 Å². The van der Waals surface area contributed by atoms with Crippen molar-refractivity contribution in [2.75, 3.05) is 38.6 Å². The molecule has 0 radical (unpaired) electrons. The van der Waals surface area contributed by atoms with Gasteiger partial charge in [0.15, 0.2) is 5.96 Å². The molecule has 1 aromatic rings. The number of anilines is 1. The minimum Gasteiger partial charge on any atom is -0.372 e. The predicted octanol–water partition coefficient (Wildman–Crippen LogP) is 4.39. The van der Waals surface area contributed by atoms with Gasteiger partial charge in [0.05, 0.1) is 6.54 Å². The number of piperidine rings is 1. The monoisotopic (exact) mass is 555 g/mol. The SMILES string of the molecule is CCNC(=NCc1ccc(N(C)C2CCCCC2)cc1)N1CCC(CC(=O)NC)CC1.I. The Bertz CT molecular complexity index is 710. The lowest BCUT2D eigenvalue weighted by Crippen LogP contribution is -2.46. The molecule has 0 atom stereocenters. The van der Waals surface area contributed by atoms with Crippen LogP contribution in [0.3, 0.4) is 0 Å². The van der Waals surface area contributed by atoms with E-state index in [1.807, 2.05) is 0 Å². The van der Waals surface area contributed by atoms with Crippen molar-refractivity contribution in [2.45, 2.75) is 70.9 Å². The van der Waals surface area contributed by atoms with Crippen LogP contribution in [-0.2, 0) is 11.3 Å². The number of rotatable bonds is 7. The topological polar surface area (TPSA) is 60.0 Å². The van der Waals surface area contributed by atoms with Crippen LogP contribution in [0.5, 0.6) is 0 Å². The molecule has 6 nitrogen and oxygen atoms in total. The van der Waals surface area contributed by atoms with Gasteiger partial charge in [-0.2, -0.15) is 0 Å². The first kappa shape index (κ1) is 26.7. The van der Waals surface area contributed by atoms with Crippen molar-refractivity contribution in [3.63, 3.8) is 0 Å². The molecule has 1 saturated heterocycles. The third-order valence-electron chi connectivity index (χ3n) is 6.88. The van der Waals surface area contributed by atoms with E-state index < -0.39 is 0 Å². The number of amides is 1. The van der Waals surface area contributed by atoms with Crippen molar-refractivity contribution in [3.05, 3.63) is 29.8 Å². The average molecular weight is 556 g/mol. The van der Waals surface area contributed by atoms with Crippen LogP contribution in [0.4, 0.5) is 5.69 Å². The van der Waals surface area contributed by atoms with Crippen LogP contribution in [-0.4, -0.2) is 56.5 Å². The molecule has 1 amide bonds. The van der Waals surface area contributed by atoms with Gasteiger partial charge in [0.2, 0.25) is 5.91 Å². The highest BCUT2D eigenvalue weighted by atomic mass is 127. The summed E-state index contributed by atoms with van der Waals surface area (Å²) in [7, 11) is 3.95. The maximum atomic E-state index is 11.6. The quantitative estimate of drug-likeness (QED) is 0.298. The van der Waals surface area contributed by atoms with E-state index in [2.05, 4.69) is 58.7 Å². The average Bonchev–Trinajstić information content (AvgIpc) is 2.82. The summed E-state index contributed by atoms with van der Waals surface area (Å²) in [5, 5.41) is 6.19. The second-order valence-corrected chi connectivity index (χ2v) is 9.05. The molecule has 2 aliphatic rings. The molecule has 0 unspecified atom stereocenters. The van der Waals surface area contributed by atoms with Gasteiger partial charge in [-0.15, -0.1) is 24.0 Å². The summed E-state index contributed by atoms with van der Waals surface area (Å²) >= 11 is 0. The first-order valence-corrected chi connectivity index (χ1v) is 12.2. The standard InChI is InChI=1S/C25H41N5O.HI/c1-4-27-25(30-16-14-20(15-17-30)18-24(31)26-2)28-19-21-10-12-23(13-11-21)29(3)22-8-6-5-7-9-22;/h10-13,20,22H,4-9,14-19H2,1-3H3,(H,26,31)(H,27,28);1H. The lowest BCUT2D eigenvalue weighted by Gasteiger charge is -2.34. The second-order valence-electron chi connectivity index (χ2n) is 9.05. The number of carbonyl (C=O) groups excluding carboxylic acids is 1. The number of nitrogens with one attached hydrogen (secondary N) is 2. The van der Waals surface area contributed by atoms with Gasteiger partial charge in [0, 0.05) is 51.9 Å². The highest BCUT2D eigenvalue weighted by molar-refractivity contribution is 14.0. The fourth-order valence-corrected chi connectivity index (χ4v) is 4.82. The van der Waals surface area contributed by atoms with Gasteiger partial charge in [-0.3, -0.25) is 4.79 Å². The van der Waals surface area contributed by atoms with Crippen LogP contribution in [0.2, 0.25) is 0 Å². The molecule has 2 fully saturated rings. The maximum absolute atomic E-state index is 11.6. The van der Waals surface area contributed by atoms with Crippen LogP contribution >= 0.6 is 24.0 Å². The molecule has 32 heavy (non-hydrogen) atoms. The van der Waals surface area contributed by atoms with Crippen molar-refractivity contribution >= 4 is 41.5 Å². The first-order valence-electron chi connectivity index (χ1n) is 12.2. The Hall–Kier alpha value is -1.51. The van der Waals surface area contributed by atoms with Crippen LogP contribution in [0.15, 0.2) is 29.3 Å². The van der Waals surface area contributed by atoms with E-state index in [9.17, 15) is 4.79 Å². The van der Waals surface area contributed by atoms with Crippen molar-refractivity contribution in [1.29, 1.82) is 0 Å². The van der Waals surface area contributed by atoms with Crippen molar-refractivity contribution < 1.29 is 4.79 Å². The zero-order chi connectivity index (χ0) is 22.1. The Morgan fingerprint density at radius 1 is 1.09 bits per heavy atom. The number of nitrogens with zero attached hydrogens (tertiary/aromatic N) is 3. The molecule has 1 aromatic carbocycles. The number of benzene rings is 1. The van der Waals surface area contributed by atoms with Gasteiger partial charge in [0.25, 0.3) is 0 Å². The van der Waals surface area contributed by atoms with Gasteiger partial charge in [0.1, 0.15) is 0 Å². The largest absolute Gasteiger partial charge is 0.372 e. The molecule has 0 bridgehead atoms. The number of hydrogen-bond donors (Lipinski definition) is 2. The Balaban J connectivity index is 0.00000363. The molecule has 0 aromatic heterocycles. The van der Waals surface area contributed by atoms with Crippen molar-refractivity contribution in [3.8, 4) is 0 Å². The van der Waals surface area contributed by atoms with Gasteiger partial charge in [-0.05, 0) is 56.2 Å². The molecular formula is C25H42IN5O. The van der Waals surface area contributed by atoms with E-state index >= 15 is 0 Å². The highest BCUT2D eigenvalue weighted by Crippen LogP contribution is 2.26. The summed E-state index contributed by atoms with van der Waals surface area (Å²) < 4.78 is 0.